The predicted molar refractivity (Wildman–Crippen MR) is 91.7 cm³/mol. The van der Waals surface area contributed by atoms with Gasteiger partial charge in [-0.1, -0.05) is 12.1 Å². The lowest BCUT2D eigenvalue weighted by Gasteiger charge is -2.15. The van der Waals surface area contributed by atoms with E-state index in [0.717, 1.165) is 24.2 Å². The first-order valence-corrected chi connectivity index (χ1v) is 7.94. The summed E-state index contributed by atoms with van der Waals surface area (Å²) < 4.78 is 0. The Hall–Kier alpha value is -2.70. The van der Waals surface area contributed by atoms with Crippen LogP contribution in [0.3, 0.4) is 0 Å². The minimum atomic E-state index is -0.803. The first kappa shape index (κ1) is 17.7. The van der Waals surface area contributed by atoms with Crippen molar-refractivity contribution in [1.82, 2.24) is 10.7 Å². The molecule has 0 aliphatic carbocycles. The van der Waals surface area contributed by atoms with E-state index in [-0.39, 0.29) is 11.9 Å². The maximum absolute atomic E-state index is 11.7. The first-order valence-electron chi connectivity index (χ1n) is 7.94. The smallest absolute Gasteiger partial charge is 0.329 e. The molecule has 1 aromatic carbocycles. The lowest BCUT2D eigenvalue weighted by molar-refractivity contribution is -0.139. The van der Waals surface area contributed by atoms with Crippen LogP contribution in [0.1, 0.15) is 39.2 Å². The zero-order chi connectivity index (χ0) is 17.7. The van der Waals surface area contributed by atoms with Gasteiger partial charge in [-0.05, 0) is 44.9 Å². The third kappa shape index (κ3) is 4.41. The van der Waals surface area contributed by atoms with Gasteiger partial charge < -0.3 is 10.2 Å². The Morgan fingerprint density at radius 2 is 1.83 bits per heavy atom. The van der Waals surface area contributed by atoms with Gasteiger partial charge in [0.05, 0.1) is 5.71 Å². The Morgan fingerprint density at radius 1 is 1.17 bits per heavy atom. The SMILES string of the molecule is C/C(=N/NC(=O)C(=O)NC(C)C)c1ccc(N2CCCC2=O)cc1. The molecular formula is C17H22N4O3. The fraction of sp³-hybridized carbons (Fsp3) is 0.412. The first-order chi connectivity index (χ1) is 11.4. The lowest BCUT2D eigenvalue weighted by Crippen LogP contribution is -2.41. The van der Waals surface area contributed by atoms with Crippen LogP contribution in [0.4, 0.5) is 5.69 Å². The second-order valence-electron chi connectivity index (χ2n) is 5.96. The number of benzene rings is 1. The molecule has 0 radical (unpaired) electrons. The molecule has 0 aromatic heterocycles. The van der Waals surface area contributed by atoms with Crippen molar-refractivity contribution in [2.45, 2.75) is 39.7 Å². The lowest BCUT2D eigenvalue weighted by atomic mass is 10.1. The second kappa shape index (κ2) is 7.72. The Labute approximate surface area is 141 Å². The molecule has 1 aliphatic rings. The van der Waals surface area contributed by atoms with Crippen LogP contribution in [0.2, 0.25) is 0 Å². The number of nitrogens with zero attached hydrogens (tertiary/aromatic N) is 2. The fourth-order valence-corrected chi connectivity index (χ4v) is 2.38. The van der Waals surface area contributed by atoms with Gasteiger partial charge in [0.2, 0.25) is 5.91 Å². The number of anilines is 1. The van der Waals surface area contributed by atoms with Crippen molar-refractivity contribution in [2.24, 2.45) is 5.10 Å². The number of hydrogen-bond donors (Lipinski definition) is 2. The summed E-state index contributed by atoms with van der Waals surface area (Å²) in [7, 11) is 0. The third-order valence-corrected chi connectivity index (χ3v) is 3.62. The average molecular weight is 330 g/mol. The number of hydrazone groups is 1. The molecule has 7 heteroatoms. The highest BCUT2D eigenvalue weighted by molar-refractivity contribution is 6.35. The molecule has 128 valence electrons. The van der Waals surface area contributed by atoms with Gasteiger partial charge in [-0.15, -0.1) is 0 Å². The van der Waals surface area contributed by atoms with Crippen molar-refractivity contribution in [3.8, 4) is 0 Å². The molecule has 0 unspecified atom stereocenters. The Bertz CT molecular complexity index is 665. The maximum Gasteiger partial charge on any atom is 0.329 e. The normalized spacial score (nSPS) is 14.9. The second-order valence-corrected chi connectivity index (χ2v) is 5.96. The van der Waals surface area contributed by atoms with Gasteiger partial charge in [0, 0.05) is 24.7 Å². The van der Waals surface area contributed by atoms with Crippen LogP contribution in [0, 0.1) is 0 Å². The van der Waals surface area contributed by atoms with Gasteiger partial charge in [0.1, 0.15) is 0 Å². The minimum Gasteiger partial charge on any atom is -0.346 e. The Kier molecular flexibility index (Phi) is 5.68. The highest BCUT2D eigenvalue weighted by atomic mass is 16.2. The summed E-state index contributed by atoms with van der Waals surface area (Å²) in [6.07, 6.45) is 1.47. The number of nitrogens with one attached hydrogen (secondary N) is 2. The summed E-state index contributed by atoms with van der Waals surface area (Å²) in [5, 5.41) is 6.43. The van der Waals surface area contributed by atoms with Gasteiger partial charge in [0.15, 0.2) is 0 Å². The molecule has 1 heterocycles. The molecule has 24 heavy (non-hydrogen) atoms. The highest BCUT2D eigenvalue weighted by Crippen LogP contribution is 2.21. The van der Waals surface area contributed by atoms with E-state index in [1.54, 1.807) is 25.7 Å². The van der Waals surface area contributed by atoms with E-state index < -0.39 is 11.8 Å². The van der Waals surface area contributed by atoms with Crippen LogP contribution < -0.4 is 15.6 Å². The van der Waals surface area contributed by atoms with Crippen molar-refractivity contribution in [1.29, 1.82) is 0 Å². The van der Waals surface area contributed by atoms with Gasteiger partial charge in [-0.25, -0.2) is 5.43 Å². The zero-order valence-electron chi connectivity index (χ0n) is 14.1. The van der Waals surface area contributed by atoms with E-state index in [2.05, 4.69) is 15.8 Å². The molecule has 1 aromatic rings. The quantitative estimate of drug-likeness (QED) is 0.493. The summed E-state index contributed by atoms with van der Waals surface area (Å²) in [4.78, 5) is 36.6. The van der Waals surface area contributed by atoms with Crippen LogP contribution in [0.25, 0.3) is 0 Å². The maximum atomic E-state index is 11.7. The number of carbonyl (C=O) groups is 3. The summed E-state index contributed by atoms with van der Waals surface area (Å²) >= 11 is 0. The van der Waals surface area contributed by atoms with E-state index in [0.29, 0.717) is 12.1 Å². The highest BCUT2D eigenvalue weighted by Gasteiger charge is 2.21. The number of rotatable bonds is 4. The molecular weight excluding hydrogens is 308 g/mol. The molecule has 0 spiro atoms. The Morgan fingerprint density at radius 3 is 2.38 bits per heavy atom. The summed E-state index contributed by atoms with van der Waals surface area (Å²) in [5.41, 5.74) is 4.46. The van der Waals surface area contributed by atoms with Crippen LogP contribution in [0.5, 0.6) is 0 Å². The van der Waals surface area contributed by atoms with Crippen molar-refractivity contribution >= 4 is 29.1 Å². The largest absolute Gasteiger partial charge is 0.346 e. The van der Waals surface area contributed by atoms with Gasteiger partial charge >= 0.3 is 11.8 Å². The van der Waals surface area contributed by atoms with Crippen LogP contribution in [-0.4, -0.2) is 36.0 Å². The minimum absolute atomic E-state index is 0.117. The topological polar surface area (TPSA) is 90.9 Å². The predicted octanol–water partition coefficient (Wildman–Crippen LogP) is 1.18. The number of carbonyl (C=O) groups excluding carboxylic acids is 3. The van der Waals surface area contributed by atoms with Crippen LogP contribution in [-0.2, 0) is 14.4 Å². The third-order valence-electron chi connectivity index (χ3n) is 3.62. The van der Waals surface area contributed by atoms with Crippen molar-refractivity contribution in [3.63, 3.8) is 0 Å². The van der Waals surface area contributed by atoms with Crippen molar-refractivity contribution in [3.05, 3.63) is 29.8 Å². The summed E-state index contributed by atoms with van der Waals surface area (Å²) in [6.45, 7) is 6.02. The summed E-state index contributed by atoms with van der Waals surface area (Å²) in [6, 6.07) is 7.25. The molecule has 1 saturated heterocycles. The van der Waals surface area contributed by atoms with Crippen molar-refractivity contribution in [2.75, 3.05) is 11.4 Å². The van der Waals surface area contributed by atoms with E-state index in [9.17, 15) is 14.4 Å². The van der Waals surface area contributed by atoms with E-state index >= 15 is 0 Å². The molecule has 2 N–H and O–H groups in total. The van der Waals surface area contributed by atoms with Crippen molar-refractivity contribution < 1.29 is 14.4 Å². The zero-order valence-corrected chi connectivity index (χ0v) is 14.1. The van der Waals surface area contributed by atoms with Gasteiger partial charge in [-0.2, -0.15) is 5.10 Å². The van der Waals surface area contributed by atoms with E-state index in [1.165, 1.54) is 0 Å². The molecule has 1 aliphatic heterocycles. The van der Waals surface area contributed by atoms with Crippen LogP contribution >= 0.6 is 0 Å². The van der Waals surface area contributed by atoms with Gasteiger partial charge in [-0.3, -0.25) is 14.4 Å². The standard InChI is InChI=1S/C17H22N4O3/c1-11(2)18-16(23)17(24)20-19-12(3)13-6-8-14(9-7-13)21-10-4-5-15(21)22/h6-9,11H,4-5,10H2,1-3H3,(H,18,23)(H,20,24)/b19-12-. The number of hydrogen-bond acceptors (Lipinski definition) is 4. The van der Waals surface area contributed by atoms with Crippen LogP contribution in [0.15, 0.2) is 29.4 Å². The van der Waals surface area contributed by atoms with Gasteiger partial charge in [0.25, 0.3) is 0 Å². The molecule has 0 bridgehead atoms. The monoisotopic (exact) mass is 330 g/mol. The van der Waals surface area contributed by atoms with E-state index in [1.807, 2.05) is 24.3 Å². The molecule has 0 atom stereocenters. The number of amides is 3. The molecule has 2 rings (SSSR count). The molecule has 0 saturated carbocycles. The fourth-order valence-electron chi connectivity index (χ4n) is 2.38. The summed E-state index contributed by atoms with van der Waals surface area (Å²) in [5.74, 6) is -1.39. The Balaban J connectivity index is 1.99. The molecule has 3 amide bonds. The average Bonchev–Trinajstić information content (AvgIpc) is 2.97. The molecule has 1 fully saturated rings. The molecule has 7 nitrogen and oxygen atoms in total. The van der Waals surface area contributed by atoms with E-state index in [4.69, 9.17) is 0 Å².